The van der Waals surface area contributed by atoms with Crippen molar-refractivity contribution in [3.63, 3.8) is 0 Å². The molecule has 0 aromatic heterocycles. The van der Waals surface area contributed by atoms with Crippen LogP contribution in [0.5, 0.6) is 11.5 Å². The normalized spacial score (nSPS) is 13.2. The highest BCUT2D eigenvalue weighted by Gasteiger charge is 2.22. The van der Waals surface area contributed by atoms with Gasteiger partial charge in [0.15, 0.2) is 12.2 Å². The van der Waals surface area contributed by atoms with E-state index in [0.717, 1.165) is 33.4 Å². The Morgan fingerprint density at radius 2 is 1.74 bits per heavy atom. The standard InChI is InChI=1S/C25H25O8P/c1-4-11-31-34(27,28)32-15-30-19-7-10-22-24(14-19)33-23-13-17(26)5-8-21(23)25(22)20-9-6-18(29-3)12-16(20)2/h5-10,12-14H,4,11,15H2,1-3H3,(H,27,28). The zero-order valence-corrected chi connectivity index (χ0v) is 20.0. The molecule has 0 spiro atoms. The Labute approximate surface area is 196 Å². The molecule has 1 aliphatic heterocycles. The number of phosphoric acid groups is 1. The molecule has 2 aliphatic rings. The lowest BCUT2D eigenvalue weighted by Crippen LogP contribution is -2.04. The van der Waals surface area contributed by atoms with E-state index in [9.17, 15) is 14.3 Å². The zero-order chi connectivity index (χ0) is 24.3. The van der Waals surface area contributed by atoms with Crippen molar-refractivity contribution in [2.45, 2.75) is 20.3 Å². The van der Waals surface area contributed by atoms with Crippen LogP contribution in [0.4, 0.5) is 0 Å². The topological polar surface area (TPSA) is 104 Å². The summed E-state index contributed by atoms with van der Waals surface area (Å²) in [5.74, 6) is 1.55. The molecule has 9 heteroatoms. The van der Waals surface area contributed by atoms with Crippen molar-refractivity contribution in [3.8, 4) is 33.9 Å². The van der Waals surface area contributed by atoms with Gasteiger partial charge >= 0.3 is 7.82 Å². The van der Waals surface area contributed by atoms with E-state index >= 15 is 0 Å². The number of phosphoric ester groups is 1. The van der Waals surface area contributed by atoms with E-state index in [2.05, 4.69) is 0 Å². The summed E-state index contributed by atoms with van der Waals surface area (Å²) in [7, 11) is -2.57. The molecule has 0 saturated carbocycles. The van der Waals surface area contributed by atoms with E-state index in [0.29, 0.717) is 23.5 Å². The summed E-state index contributed by atoms with van der Waals surface area (Å²) in [6.07, 6.45) is 0.579. The molecule has 0 saturated heterocycles. The van der Waals surface area contributed by atoms with Crippen molar-refractivity contribution >= 4 is 18.8 Å². The third-order valence-electron chi connectivity index (χ3n) is 5.27. The molecule has 1 N–H and O–H groups in total. The summed E-state index contributed by atoms with van der Waals surface area (Å²) < 4.78 is 38.3. The maximum atomic E-state index is 12.0. The highest BCUT2D eigenvalue weighted by Crippen LogP contribution is 2.44. The summed E-state index contributed by atoms with van der Waals surface area (Å²) in [5.41, 5.74) is 3.99. The van der Waals surface area contributed by atoms with Crippen LogP contribution in [0.2, 0.25) is 0 Å². The summed E-state index contributed by atoms with van der Waals surface area (Å²) in [6.45, 7) is 3.43. The summed E-state index contributed by atoms with van der Waals surface area (Å²) >= 11 is 0. The van der Waals surface area contributed by atoms with Gasteiger partial charge < -0.3 is 18.8 Å². The van der Waals surface area contributed by atoms with Crippen molar-refractivity contribution < 1.29 is 32.4 Å². The molecule has 0 fully saturated rings. The van der Waals surface area contributed by atoms with Crippen LogP contribution in [0.3, 0.4) is 0 Å². The van der Waals surface area contributed by atoms with Gasteiger partial charge in [-0.05, 0) is 60.9 Å². The second kappa shape index (κ2) is 9.99. The highest BCUT2D eigenvalue weighted by atomic mass is 31.2. The van der Waals surface area contributed by atoms with Gasteiger partial charge in [0.2, 0.25) is 0 Å². The van der Waals surface area contributed by atoms with E-state index in [1.807, 2.05) is 38.1 Å². The van der Waals surface area contributed by atoms with Gasteiger partial charge in [-0.25, -0.2) is 9.09 Å². The quantitative estimate of drug-likeness (QED) is 0.182. The van der Waals surface area contributed by atoms with Gasteiger partial charge in [0.05, 0.1) is 13.7 Å². The molecule has 0 radical (unpaired) electrons. The van der Waals surface area contributed by atoms with Crippen LogP contribution in [0.25, 0.3) is 33.4 Å². The first-order valence-electron chi connectivity index (χ1n) is 10.7. The third-order valence-corrected chi connectivity index (χ3v) is 6.21. The smallest absolute Gasteiger partial charge is 0.475 e. The van der Waals surface area contributed by atoms with Crippen molar-refractivity contribution in [2.24, 2.45) is 0 Å². The lowest BCUT2D eigenvalue weighted by molar-refractivity contribution is 0.0669. The average molecular weight is 484 g/mol. The minimum absolute atomic E-state index is 0.102. The van der Waals surface area contributed by atoms with Gasteiger partial charge in [-0.1, -0.05) is 13.0 Å². The van der Waals surface area contributed by atoms with Crippen molar-refractivity contribution in [1.82, 2.24) is 0 Å². The molecule has 0 amide bonds. The summed E-state index contributed by atoms with van der Waals surface area (Å²) in [6, 6.07) is 15.7. The maximum absolute atomic E-state index is 12.0. The first-order valence-corrected chi connectivity index (χ1v) is 12.2. The number of rotatable bonds is 9. The number of hydrogen-bond acceptors (Lipinski definition) is 7. The molecule has 0 bridgehead atoms. The molecule has 1 atom stereocenters. The second-order valence-corrected chi connectivity index (χ2v) is 9.12. The van der Waals surface area contributed by atoms with E-state index in [-0.39, 0.29) is 12.0 Å². The molecule has 178 valence electrons. The van der Waals surface area contributed by atoms with Gasteiger partial charge in [0, 0.05) is 28.6 Å². The van der Waals surface area contributed by atoms with E-state index < -0.39 is 14.6 Å². The Morgan fingerprint density at radius 3 is 2.47 bits per heavy atom. The predicted octanol–water partition coefficient (Wildman–Crippen LogP) is 5.76. The fourth-order valence-electron chi connectivity index (χ4n) is 3.68. The van der Waals surface area contributed by atoms with Crippen LogP contribution in [0.1, 0.15) is 18.9 Å². The summed E-state index contributed by atoms with van der Waals surface area (Å²) in [4.78, 5) is 21.7. The molecule has 2 aromatic rings. The van der Waals surface area contributed by atoms with Gasteiger partial charge in [0.1, 0.15) is 22.8 Å². The Kier molecular flexibility index (Phi) is 7.05. The molecular weight excluding hydrogens is 459 g/mol. The average Bonchev–Trinajstić information content (AvgIpc) is 2.81. The van der Waals surface area contributed by atoms with Gasteiger partial charge in [-0.15, -0.1) is 0 Å². The predicted molar refractivity (Wildman–Crippen MR) is 128 cm³/mol. The van der Waals surface area contributed by atoms with Crippen LogP contribution >= 0.6 is 7.82 Å². The van der Waals surface area contributed by atoms with Crippen molar-refractivity contribution in [1.29, 1.82) is 0 Å². The monoisotopic (exact) mass is 484 g/mol. The fourth-order valence-corrected chi connectivity index (χ4v) is 4.35. The minimum atomic E-state index is -4.19. The van der Waals surface area contributed by atoms with Gasteiger partial charge in [0.25, 0.3) is 0 Å². The van der Waals surface area contributed by atoms with Crippen LogP contribution in [-0.2, 0) is 13.6 Å². The number of fused-ring (bicyclic) bond motifs is 2. The number of hydrogen-bond donors (Lipinski definition) is 1. The van der Waals surface area contributed by atoms with E-state index in [1.54, 1.807) is 25.3 Å². The molecule has 8 nitrogen and oxygen atoms in total. The zero-order valence-electron chi connectivity index (χ0n) is 19.1. The van der Waals surface area contributed by atoms with E-state index in [4.69, 9.17) is 22.9 Å². The maximum Gasteiger partial charge on any atom is 0.475 e. The minimum Gasteiger partial charge on any atom is -0.497 e. The van der Waals surface area contributed by atoms with Gasteiger partial charge in [-0.2, -0.15) is 0 Å². The Morgan fingerprint density at radius 1 is 0.971 bits per heavy atom. The highest BCUT2D eigenvalue weighted by molar-refractivity contribution is 7.47. The first-order chi connectivity index (χ1) is 16.3. The lowest BCUT2D eigenvalue weighted by Gasteiger charge is -2.18. The molecule has 34 heavy (non-hydrogen) atoms. The third kappa shape index (κ3) is 5.16. The molecular formula is C25H25O8P. The number of methoxy groups -OCH3 is 1. The van der Waals surface area contributed by atoms with Crippen molar-refractivity contribution in [3.05, 3.63) is 70.4 Å². The Hall–Kier alpha value is -3.16. The van der Waals surface area contributed by atoms with Crippen LogP contribution in [0, 0.1) is 6.92 Å². The number of ether oxygens (including phenoxy) is 2. The molecule has 2 aromatic carbocycles. The largest absolute Gasteiger partial charge is 0.497 e. The molecule has 1 aliphatic carbocycles. The first kappa shape index (κ1) is 24.0. The van der Waals surface area contributed by atoms with E-state index in [1.165, 1.54) is 12.1 Å². The second-order valence-electron chi connectivity index (χ2n) is 7.67. The van der Waals surface area contributed by atoms with Gasteiger partial charge in [-0.3, -0.25) is 9.32 Å². The van der Waals surface area contributed by atoms with Crippen LogP contribution in [0.15, 0.2) is 63.8 Å². The SMILES string of the molecule is CCCOP(=O)(O)OCOc1ccc2c(-c3ccc(OC)cc3C)c3ccc(=O)cc-3oc2c1. The molecule has 1 heterocycles. The lowest BCUT2D eigenvalue weighted by atomic mass is 9.91. The van der Waals surface area contributed by atoms with Crippen LogP contribution in [-0.4, -0.2) is 25.4 Å². The number of aryl methyl sites for hydroxylation is 1. The number of benzene rings is 3. The molecule has 1 unspecified atom stereocenters. The molecule has 4 rings (SSSR count). The van der Waals surface area contributed by atoms with Crippen molar-refractivity contribution in [2.75, 3.05) is 20.5 Å². The fraction of sp³-hybridized carbons (Fsp3) is 0.240. The van der Waals surface area contributed by atoms with Crippen LogP contribution < -0.4 is 14.9 Å². The Balaban J connectivity index is 1.75. The summed E-state index contributed by atoms with van der Waals surface area (Å²) in [5, 5.41) is 0.812. The Bertz CT molecular complexity index is 1390.